The molecule has 2 N–H and O–H groups in total. The Hall–Kier alpha value is -2.66. The number of nitrogens with two attached hydrogens (primary N) is 1. The van der Waals surface area contributed by atoms with E-state index in [0.29, 0.717) is 15.7 Å². The van der Waals surface area contributed by atoms with Crippen molar-refractivity contribution in [1.82, 2.24) is 4.98 Å². The maximum atomic E-state index is 13.3. The van der Waals surface area contributed by atoms with Crippen molar-refractivity contribution < 1.29 is 4.79 Å². The molecule has 3 aromatic rings. The number of hydrogen-bond acceptors (Lipinski definition) is 4. The first-order valence-electron chi connectivity index (χ1n) is 7.88. The van der Waals surface area contributed by atoms with Gasteiger partial charge in [0.2, 0.25) is 0 Å². The Morgan fingerprint density at radius 2 is 1.88 bits per heavy atom. The van der Waals surface area contributed by atoms with Gasteiger partial charge < -0.3 is 10.6 Å². The second-order valence-electron chi connectivity index (χ2n) is 5.95. The molecule has 4 nitrogen and oxygen atoms in total. The van der Waals surface area contributed by atoms with Gasteiger partial charge >= 0.3 is 0 Å². The van der Waals surface area contributed by atoms with Crippen LogP contribution in [0, 0.1) is 0 Å². The van der Waals surface area contributed by atoms with E-state index in [9.17, 15) is 4.79 Å². The van der Waals surface area contributed by atoms with E-state index in [1.807, 2.05) is 53.4 Å². The van der Waals surface area contributed by atoms with Crippen molar-refractivity contribution in [3.8, 4) is 11.3 Å². The minimum Gasteiger partial charge on any atom is -0.375 e. The highest BCUT2D eigenvalue weighted by atomic mass is 32.1. The van der Waals surface area contributed by atoms with Crippen molar-refractivity contribution >= 4 is 28.1 Å². The van der Waals surface area contributed by atoms with E-state index in [-0.39, 0.29) is 11.9 Å². The summed E-state index contributed by atoms with van der Waals surface area (Å²) in [6.45, 7) is 2.07. The van der Waals surface area contributed by atoms with Crippen LogP contribution < -0.4 is 10.6 Å². The van der Waals surface area contributed by atoms with Crippen LogP contribution in [-0.2, 0) is 6.42 Å². The average Bonchev–Trinajstić information content (AvgIpc) is 3.14. The lowest BCUT2D eigenvalue weighted by atomic mass is 10.1. The third kappa shape index (κ3) is 2.37. The molecular weight excluding hydrogens is 318 g/mol. The zero-order valence-corrected chi connectivity index (χ0v) is 14.1. The van der Waals surface area contributed by atoms with Crippen LogP contribution in [0.3, 0.4) is 0 Å². The summed E-state index contributed by atoms with van der Waals surface area (Å²) in [7, 11) is 0. The number of fused-ring (bicyclic) bond motifs is 1. The van der Waals surface area contributed by atoms with Gasteiger partial charge in [-0.15, -0.1) is 0 Å². The normalized spacial score (nSPS) is 16.2. The maximum absolute atomic E-state index is 13.3. The molecule has 0 fully saturated rings. The highest BCUT2D eigenvalue weighted by Gasteiger charge is 2.33. The van der Waals surface area contributed by atoms with Crippen LogP contribution in [0.25, 0.3) is 11.3 Å². The summed E-state index contributed by atoms with van der Waals surface area (Å²) >= 11 is 1.26. The first-order valence-corrected chi connectivity index (χ1v) is 8.70. The number of benzene rings is 2. The maximum Gasteiger partial charge on any atom is 0.270 e. The highest BCUT2D eigenvalue weighted by Crippen LogP contribution is 2.37. The van der Waals surface area contributed by atoms with E-state index in [1.165, 1.54) is 16.9 Å². The molecule has 24 heavy (non-hydrogen) atoms. The fourth-order valence-corrected chi connectivity index (χ4v) is 4.05. The molecule has 1 aliphatic rings. The van der Waals surface area contributed by atoms with Crippen molar-refractivity contribution in [1.29, 1.82) is 0 Å². The van der Waals surface area contributed by atoms with Crippen LogP contribution in [0.4, 0.5) is 10.8 Å². The van der Waals surface area contributed by atoms with E-state index in [2.05, 4.69) is 18.0 Å². The second kappa shape index (κ2) is 5.76. The number of aromatic nitrogens is 1. The summed E-state index contributed by atoms with van der Waals surface area (Å²) in [5.41, 5.74) is 9.69. The number of nitrogen functional groups attached to an aromatic ring is 1. The Morgan fingerprint density at radius 3 is 2.67 bits per heavy atom. The summed E-state index contributed by atoms with van der Waals surface area (Å²) in [5, 5.41) is 0.414. The molecule has 2 aromatic carbocycles. The van der Waals surface area contributed by atoms with Gasteiger partial charge in [0.15, 0.2) is 5.13 Å². The predicted molar refractivity (Wildman–Crippen MR) is 98.4 cm³/mol. The fraction of sp³-hybridized carbons (Fsp3) is 0.158. The predicted octanol–water partition coefficient (Wildman–Crippen LogP) is 3.98. The Bertz CT molecular complexity index is 904. The van der Waals surface area contributed by atoms with Gasteiger partial charge in [0.1, 0.15) is 4.88 Å². The molecule has 5 heteroatoms. The summed E-state index contributed by atoms with van der Waals surface area (Å²) in [5.74, 6) is -0.0273. The number of carbonyl (C=O) groups excluding carboxylic acids is 1. The minimum atomic E-state index is -0.0273. The van der Waals surface area contributed by atoms with Crippen LogP contribution in [0.2, 0.25) is 0 Å². The van der Waals surface area contributed by atoms with Gasteiger partial charge in [-0.25, -0.2) is 4.98 Å². The number of thiazole rings is 1. The Kier molecular flexibility index (Phi) is 3.58. The first kappa shape index (κ1) is 14.9. The molecule has 1 atom stereocenters. The van der Waals surface area contributed by atoms with Gasteiger partial charge in [0.05, 0.1) is 5.69 Å². The summed E-state index contributed by atoms with van der Waals surface area (Å²) in [6.07, 6.45) is 0.872. The quantitative estimate of drug-likeness (QED) is 0.770. The smallest absolute Gasteiger partial charge is 0.270 e. The molecule has 1 unspecified atom stereocenters. The molecule has 1 aromatic heterocycles. The van der Waals surface area contributed by atoms with E-state index in [1.54, 1.807) is 0 Å². The third-order valence-corrected chi connectivity index (χ3v) is 5.18. The Labute approximate surface area is 144 Å². The lowest BCUT2D eigenvalue weighted by Crippen LogP contribution is -2.35. The lowest BCUT2D eigenvalue weighted by molar-refractivity contribution is 0.0986. The topological polar surface area (TPSA) is 59.2 Å². The van der Waals surface area contributed by atoms with E-state index < -0.39 is 0 Å². The molecule has 4 rings (SSSR count). The van der Waals surface area contributed by atoms with Gasteiger partial charge in [-0.1, -0.05) is 59.9 Å². The molecule has 0 saturated heterocycles. The van der Waals surface area contributed by atoms with Crippen LogP contribution in [0.15, 0.2) is 54.6 Å². The first-order chi connectivity index (χ1) is 11.6. The zero-order valence-electron chi connectivity index (χ0n) is 13.3. The average molecular weight is 335 g/mol. The van der Waals surface area contributed by atoms with E-state index in [4.69, 9.17) is 5.73 Å². The van der Waals surface area contributed by atoms with Crippen molar-refractivity contribution in [3.63, 3.8) is 0 Å². The molecule has 1 amide bonds. The Balaban J connectivity index is 1.79. The van der Waals surface area contributed by atoms with Crippen LogP contribution in [0.1, 0.15) is 22.2 Å². The molecule has 0 aliphatic carbocycles. The van der Waals surface area contributed by atoms with Crippen molar-refractivity contribution in [2.45, 2.75) is 19.4 Å². The number of rotatable bonds is 2. The molecular formula is C19H17N3OS. The van der Waals surface area contributed by atoms with Gasteiger partial charge in [-0.2, -0.15) is 0 Å². The van der Waals surface area contributed by atoms with Crippen LogP contribution in [-0.4, -0.2) is 16.9 Å². The summed E-state index contributed by atoms with van der Waals surface area (Å²) in [6, 6.07) is 17.9. The SMILES string of the molecule is CC1Cc2ccccc2N1C(=O)c1sc(N)nc1-c1ccccc1. The molecule has 0 spiro atoms. The van der Waals surface area contributed by atoms with Crippen molar-refractivity contribution in [3.05, 3.63) is 65.0 Å². The lowest BCUT2D eigenvalue weighted by Gasteiger charge is -2.22. The van der Waals surface area contributed by atoms with E-state index >= 15 is 0 Å². The molecule has 1 aliphatic heterocycles. The number of amides is 1. The van der Waals surface area contributed by atoms with Crippen molar-refractivity contribution in [2.75, 3.05) is 10.6 Å². The van der Waals surface area contributed by atoms with Gasteiger partial charge in [0, 0.05) is 17.3 Å². The number of nitrogens with zero attached hydrogens (tertiary/aromatic N) is 2. The van der Waals surface area contributed by atoms with E-state index in [0.717, 1.165) is 17.7 Å². The van der Waals surface area contributed by atoms with Gasteiger partial charge in [-0.3, -0.25) is 4.79 Å². The standard InChI is InChI=1S/C19H17N3OS/c1-12-11-14-9-5-6-10-15(14)22(12)18(23)17-16(21-19(20)24-17)13-7-3-2-4-8-13/h2-10,12H,11H2,1H3,(H2,20,21). The van der Waals surface area contributed by atoms with Crippen molar-refractivity contribution in [2.24, 2.45) is 0 Å². The molecule has 2 heterocycles. The van der Waals surface area contributed by atoms with Gasteiger partial charge in [-0.05, 0) is 25.0 Å². The van der Waals surface area contributed by atoms with Crippen LogP contribution >= 0.6 is 11.3 Å². The number of hydrogen-bond donors (Lipinski definition) is 1. The fourth-order valence-electron chi connectivity index (χ4n) is 3.26. The number of anilines is 2. The summed E-state index contributed by atoms with van der Waals surface area (Å²) in [4.78, 5) is 20.1. The minimum absolute atomic E-state index is 0.0273. The second-order valence-corrected chi connectivity index (χ2v) is 6.98. The molecule has 0 saturated carbocycles. The number of para-hydroxylation sites is 1. The monoisotopic (exact) mass is 335 g/mol. The third-order valence-electron chi connectivity index (χ3n) is 4.31. The molecule has 0 bridgehead atoms. The molecule has 120 valence electrons. The largest absolute Gasteiger partial charge is 0.375 e. The molecule has 0 radical (unpaired) electrons. The highest BCUT2D eigenvalue weighted by molar-refractivity contribution is 7.17. The zero-order chi connectivity index (χ0) is 16.7. The summed E-state index contributed by atoms with van der Waals surface area (Å²) < 4.78 is 0. The number of carbonyl (C=O) groups is 1. The van der Waals surface area contributed by atoms with Gasteiger partial charge in [0.25, 0.3) is 5.91 Å². The van der Waals surface area contributed by atoms with Crippen LogP contribution in [0.5, 0.6) is 0 Å². The Morgan fingerprint density at radius 1 is 1.17 bits per heavy atom.